The number of unbranched alkanes of at least 4 members (excludes halogenated alkanes) is 10. The van der Waals surface area contributed by atoms with Gasteiger partial charge in [-0.05, 0) is 57.8 Å². The Balaban J connectivity index is 1.80. The fourth-order valence-electron chi connectivity index (χ4n) is 3.29. The Morgan fingerprint density at radius 1 is 0.889 bits per heavy atom. The summed E-state index contributed by atoms with van der Waals surface area (Å²) in [6.07, 6.45) is 27.8. The number of terminal acetylenes is 1. The molecule has 0 unspecified atom stereocenters. The second-order valence-corrected chi connectivity index (χ2v) is 7.55. The normalized spacial score (nSPS) is 14.4. The average molecular weight is 375 g/mol. The molecule has 0 saturated carbocycles. The molecular weight excluding hydrogens is 336 g/mol. The predicted octanol–water partition coefficient (Wildman–Crippen LogP) is 6.75. The number of allylic oxidation sites excluding steroid dienone is 2. The fourth-order valence-corrected chi connectivity index (χ4v) is 3.29. The minimum atomic E-state index is -0.0844. The number of esters is 1. The van der Waals surface area contributed by atoms with Crippen molar-refractivity contribution in [2.75, 3.05) is 7.11 Å². The van der Waals surface area contributed by atoms with Crippen molar-refractivity contribution >= 4 is 5.97 Å². The molecule has 0 amide bonds. The Bertz CT molecular complexity index is 485. The molecule has 0 aliphatic carbocycles. The highest BCUT2D eigenvalue weighted by molar-refractivity contribution is 5.68. The Morgan fingerprint density at radius 2 is 1.44 bits per heavy atom. The van der Waals surface area contributed by atoms with Gasteiger partial charge in [0.2, 0.25) is 0 Å². The summed E-state index contributed by atoms with van der Waals surface area (Å²) in [5.74, 6) is 2.60. The third kappa shape index (κ3) is 13.2. The Morgan fingerprint density at radius 3 is 2.04 bits per heavy atom. The molecule has 1 heterocycles. The molecular formula is C23H38N2O2. The smallest absolute Gasteiger partial charge is 0.305 e. The van der Waals surface area contributed by atoms with Crippen molar-refractivity contribution in [3.63, 3.8) is 0 Å². The topological polar surface area (TPSA) is 51.0 Å². The zero-order valence-electron chi connectivity index (χ0n) is 17.3. The highest BCUT2D eigenvalue weighted by atomic mass is 16.5. The van der Waals surface area contributed by atoms with Crippen molar-refractivity contribution in [2.24, 2.45) is 10.2 Å². The van der Waals surface area contributed by atoms with Gasteiger partial charge < -0.3 is 4.74 Å². The van der Waals surface area contributed by atoms with Crippen LogP contribution in [0.1, 0.15) is 103 Å². The molecule has 1 aliphatic heterocycles. The Hall–Kier alpha value is -1.63. The standard InChI is InChI=1S/C23H38N2O2/c1-3-4-17-20-23(24-25-23)21-18-15-13-11-9-7-5-6-8-10-12-14-16-19-22(26)27-2/h1,9,11H,4-8,10,12-21H2,2H3/b11-9+. The van der Waals surface area contributed by atoms with E-state index in [1.165, 1.54) is 64.9 Å². The summed E-state index contributed by atoms with van der Waals surface area (Å²) < 4.78 is 4.64. The first-order chi connectivity index (χ1) is 13.2. The van der Waals surface area contributed by atoms with E-state index in [2.05, 4.69) is 33.0 Å². The summed E-state index contributed by atoms with van der Waals surface area (Å²) in [5, 5.41) is 8.47. The van der Waals surface area contributed by atoms with Crippen molar-refractivity contribution in [1.82, 2.24) is 0 Å². The van der Waals surface area contributed by atoms with Crippen LogP contribution in [0, 0.1) is 12.3 Å². The van der Waals surface area contributed by atoms with E-state index in [4.69, 9.17) is 6.42 Å². The lowest BCUT2D eigenvalue weighted by Crippen LogP contribution is -2.10. The van der Waals surface area contributed by atoms with Gasteiger partial charge in [-0.25, -0.2) is 0 Å². The van der Waals surface area contributed by atoms with Gasteiger partial charge in [-0.3, -0.25) is 4.79 Å². The lowest BCUT2D eigenvalue weighted by molar-refractivity contribution is -0.140. The Labute approximate surface area is 166 Å². The van der Waals surface area contributed by atoms with Crippen molar-refractivity contribution in [3.8, 4) is 12.3 Å². The van der Waals surface area contributed by atoms with Gasteiger partial charge in [-0.2, -0.15) is 10.2 Å². The molecule has 0 N–H and O–H groups in total. The van der Waals surface area contributed by atoms with Crippen LogP contribution in [-0.4, -0.2) is 18.7 Å². The molecule has 4 heteroatoms. The number of hydrogen-bond acceptors (Lipinski definition) is 4. The quantitative estimate of drug-likeness (QED) is 0.115. The van der Waals surface area contributed by atoms with E-state index >= 15 is 0 Å². The number of methoxy groups -OCH3 is 1. The monoisotopic (exact) mass is 374 g/mol. The minimum absolute atomic E-state index is 0.0557. The molecule has 0 aromatic carbocycles. The van der Waals surface area contributed by atoms with Crippen LogP contribution in [-0.2, 0) is 9.53 Å². The van der Waals surface area contributed by atoms with E-state index in [9.17, 15) is 4.79 Å². The number of ether oxygens (including phenoxy) is 1. The summed E-state index contributed by atoms with van der Waals surface area (Å²) in [6, 6.07) is 0. The minimum Gasteiger partial charge on any atom is -0.469 e. The van der Waals surface area contributed by atoms with Crippen molar-refractivity contribution in [2.45, 2.75) is 108 Å². The van der Waals surface area contributed by atoms with Crippen LogP contribution >= 0.6 is 0 Å². The molecule has 0 fully saturated rings. The van der Waals surface area contributed by atoms with Gasteiger partial charge in [0, 0.05) is 12.8 Å². The summed E-state index contributed by atoms with van der Waals surface area (Å²) >= 11 is 0. The number of carbonyl (C=O) groups excluding carboxylic acids is 1. The molecule has 0 radical (unpaired) electrons. The van der Waals surface area contributed by atoms with Crippen LogP contribution in [0.5, 0.6) is 0 Å². The van der Waals surface area contributed by atoms with E-state index in [0.29, 0.717) is 6.42 Å². The van der Waals surface area contributed by atoms with E-state index in [1.54, 1.807) is 0 Å². The highest BCUT2D eigenvalue weighted by Crippen LogP contribution is 2.38. The number of rotatable bonds is 18. The van der Waals surface area contributed by atoms with Crippen LogP contribution < -0.4 is 0 Å². The maximum absolute atomic E-state index is 11.0. The second kappa shape index (κ2) is 15.4. The average Bonchev–Trinajstić information content (AvgIpc) is 3.44. The number of nitrogens with zero attached hydrogens (tertiary/aromatic N) is 2. The van der Waals surface area contributed by atoms with Gasteiger partial charge in [-0.1, -0.05) is 44.3 Å². The highest BCUT2D eigenvalue weighted by Gasteiger charge is 2.38. The molecule has 0 saturated heterocycles. The molecule has 0 bridgehead atoms. The molecule has 4 nitrogen and oxygen atoms in total. The predicted molar refractivity (Wildman–Crippen MR) is 111 cm³/mol. The van der Waals surface area contributed by atoms with E-state index in [1.807, 2.05) is 0 Å². The molecule has 1 rings (SSSR count). The van der Waals surface area contributed by atoms with Gasteiger partial charge in [0.15, 0.2) is 5.66 Å². The fraction of sp³-hybridized carbons (Fsp3) is 0.783. The van der Waals surface area contributed by atoms with Crippen molar-refractivity contribution in [3.05, 3.63) is 12.2 Å². The van der Waals surface area contributed by atoms with Gasteiger partial charge in [0.1, 0.15) is 0 Å². The van der Waals surface area contributed by atoms with Crippen LogP contribution in [0.3, 0.4) is 0 Å². The molecule has 0 aromatic rings. The lowest BCUT2D eigenvalue weighted by atomic mass is 9.99. The first-order valence-electron chi connectivity index (χ1n) is 10.8. The number of carbonyl (C=O) groups is 1. The first-order valence-corrected chi connectivity index (χ1v) is 10.8. The van der Waals surface area contributed by atoms with E-state index in [0.717, 1.165) is 38.5 Å². The zero-order chi connectivity index (χ0) is 19.6. The maximum Gasteiger partial charge on any atom is 0.305 e. The van der Waals surface area contributed by atoms with Crippen molar-refractivity contribution in [1.29, 1.82) is 0 Å². The molecule has 152 valence electrons. The first kappa shape index (κ1) is 23.4. The second-order valence-electron chi connectivity index (χ2n) is 7.55. The molecule has 27 heavy (non-hydrogen) atoms. The van der Waals surface area contributed by atoms with Gasteiger partial charge >= 0.3 is 5.97 Å². The van der Waals surface area contributed by atoms with Crippen LogP contribution in [0.15, 0.2) is 22.4 Å². The van der Waals surface area contributed by atoms with Crippen LogP contribution in [0.2, 0.25) is 0 Å². The summed E-state index contributed by atoms with van der Waals surface area (Å²) in [7, 11) is 1.45. The lowest BCUT2D eigenvalue weighted by Gasteiger charge is -2.08. The van der Waals surface area contributed by atoms with E-state index in [-0.39, 0.29) is 11.6 Å². The van der Waals surface area contributed by atoms with Crippen LogP contribution in [0.4, 0.5) is 0 Å². The molecule has 0 aromatic heterocycles. The third-order valence-corrected chi connectivity index (χ3v) is 5.13. The number of hydrogen-bond donors (Lipinski definition) is 0. The summed E-state index contributed by atoms with van der Waals surface area (Å²) in [4.78, 5) is 11.0. The summed E-state index contributed by atoms with van der Waals surface area (Å²) in [5.41, 5.74) is -0.0557. The maximum atomic E-state index is 11.0. The largest absolute Gasteiger partial charge is 0.469 e. The molecule has 1 aliphatic rings. The summed E-state index contributed by atoms with van der Waals surface area (Å²) in [6.45, 7) is 0. The van der Waals surface area contributed by atoms with Crippen molar-refractivity contribution < 1.29 is 9.53 Å². The van der Waals surface area contributed by atoms with Gasteiger partial charge in [0.25, 0.3) is 0 Å². The van der Waals surface area contributed by atoms with Gasteiger partial charge in [-0.15, -0.1) is 12.3 Å². The third-order valence-electron chi connectivity index (χ3n) is 5.13. The zero-order valence-corrected chi connectivity index (χ0v) is 17.3. The molecule has 0 spiro atoms. The molecule has 0 atom stereocenters. The van der Waals surface area contributed by atoms with Crippen LogP contribution in [0.25, 0.3) is 0 Å². The van der Waals surface area contributed by atoms with Gasteiger partial charge in [0.05, 0.1) is 7.11 Å². The van der Waals surface area contributed by atoms with E-state index < -0.39 is 0 Å². The SMILES string of the molecule is C#CCCCC1(CCCC/C=C/CCCCCCCCCC(=O)OC)N=N1. The Kier molecular flexibility index (Phi) is 13.4.